The van der Waals surface area contributed by atoms with Gasteiger partial charge in [0.25, 0.3) is 0 Å². The van der Waals surface area contributed by atoms with Crippen LogP contribution in [0.2, 0.25) is 0 Å². The Morgan fingerprint density at radius 3 is 2.12 bits per heavy atom. The van der Waals surface area contributed by atoms with Gasteiger partial charge in [0.2, 0.25) is 0 Å². The lowest BCUT2D eigenvalue weighted by Crippen LogP contribution is -2.44. The highest BCUT2D eigenvalue weighted by atomic mass is 35.5. The first-order chi connectivity index (χ1) is 11.5. The van der Waals surface area contributed by atoms with Crippen molar-refractivity contribution >= 4 is 23.7 Å². The summed E-state index contributed by atoms with van der Waals surface area (Å²) in [5, 5.41) is 2.76. The summed E-state index contributed by atoms with van der Waals surface area (Å²) in [5.41, 5.74) is -1.02. The molecule has 0 saturated carbocycles. The van der Waals surface area contributed by atoms with E-state index in [9.17, 15) is 9.59 Å². The van der Waals surface area contributed by atoms with Crippen molar-refractivity contribution in [1.29, 1.82) is 0 Å². The Morgan fingerprint density at radius 1 is 1.12 bits per heavy atom. The number of alkyl halides is 1. The van der Waals surface area contributed by atoms with Gasteiger partial charge < -0.3 is 19.5 Å². The molecule has 0 bridgehead atoms. The largest absolute Gasteiger partial charge is 0.497 e. The quantitative estimate of drug-likeness (QED) is 0.603. The third kappa shape index (κ3) is 6.12. The van der Waals surface area contributed by atoms with Crippen molar-refractivity contribution in [1.82, 2.24) is 5.32 Å². The predicted molar refractivity (Wildman–Crippen MR) is 95.7 cm³/mol. The summed E-state index contributed by atoms with van der Waals surface area (Å²) < 4.78 is 15.4. The molecule has 1 amide bonds. The average molecular weight is 372 g/mol. The first-order valence-corrected chi connectivity index (χ1v) is 8.41. The van der Waals surface area contributed by atoms with E-state index in [-0.39, 0.29) is 6.07 Å². The van der Waals surface area contributed by atoms with Gasteiger partial charge in [-0.25, -0.2) is 4.79 Å². The zero-order chi connectivity index (χ0) is 19.3. The summed E-state index contributed by atoms with van der Waals surface area (Å²) in [5.74, 6) is 0.139. The van der Waals surface area contributed by atoms with Gasteiger partial charge in [0.15, 0.2) is 6.07 Å². The molecule has 0 aliphatic rings. The van der Waals surface area contributed by atoms with Crippen LogP contribution in [0.5, 0.6) is 5.75 Å². The van der Waals surface area contributed by atoms with E-state index in [0.717, 1.165) is 0 Å². The van der Waals surface area contributed by atoms with Crippen LogP contribution in [0.3, 0.4) is 0 Å². The highest BCUT2D eigenvalue weighted by Gasteiger charge is 2.41. The van der Waals surface area contributed by atoms with Gasteiger partial charge in [-0.1, -0.05) is 23.7 Å². The van der Waals surface area contributed by atoms with Gasteiger partial charge in [-0.05, 0) is 52.3 Å². The van der Waals surface area contributed by atoms with Crippen molar-refractivity contribution in [3.63, 3.8) is 0 Å². The summed E-state index contributed by atoms with van der Waals surface area (Å²) in [6.07, 6.45) is -0.625. The highest BCUT2D eigenvalue weighted by molar-refractivity contribution is 6.17. The molecule has 0 radical (unpaired) electrons. The molecule has 0 heterocycles. The fraction of sp³-hybridized carbons (Fsp3) is 0.556. The number of nitrogens with one attached hydrogen (secondary N) is 1. The van der Waals surface area contributed by atoms with Crippen LogP contribution in [0.15, 0.2) is 24.3 Å². The van der Waals surface area contributed by atoms with Gasteiger partial charge in [0, 0.05) is 0 Å². The first kappa shape index (κ1) is 21.1. The number of ether oxygens (including phenoxy) is 3. The SMILES string of the molecule is COc1ccc(C(NC(=O)OC(C)(C)C)C(C)(C)C(=O)OCCl)cc1. The zero-order valence-corrected chi connectivity index (χ0v) is 16.3. The molecule has 1 atom stereocenters. The minimum absolute atomic E-state index is 0.260. The van der Waals surface area contributed by atoms with E-state index in [1.807, 2.05) is 0 Å². The number of amides is 1. The Bertz CT molecular complexity index is 592. The van der Waals surface area contributed by atoms with E-state index in [0.29, 0.717) is 11.3 Å². The van der Waals surface area contributed by atoms with E-state index in [4.69, 9.17) is 25.8 Å². The molecular weight excluding hydrogens is 346 g/mol. The maximum absolute atomic E-state index is 12.3. The Kier molecular flexibility index (Phi) is 7.11. The maximum atomic E-state index is 12.3. The first-order valence-electron chi connectivity index (χ1n) is 7.88. The van der Waals surface area contributed by atoms with E-state index in [1.165, 1.54) is 0 Å². The van der Waals surface area contributed by atoms with Crippen LogP contribution in [0.1, 0.15) is 46.2 Å². The molecule has 140 valence electrons. The zero-order valence-electron chi connectivity index (χ0n) is 15.5. The molecule has 1 aromatic carbocycles. The van der Waals surface area contributed by atoms with Crippen LogP contribution in [0.25, 0.3) is 0 Å². The number of carbonyl (C=O) groups excluding carboxylic acids is 2. The minimum Gasteiger partial charge on any atom is -0.497 e. The monoisotopic (exact) mass is 371 g/mol. The molecule has 1 rings (SSSR count). The van der Waals surface area contributed by atoms with E-state index >= 15 is 0 Å². The van der Waals surface area contributed by atoms with Gasteiger partial charge in [-0.2, -0.15) is 0 Å². The molecule has 1 unspecified atom stereocenters. The number of rotatable bonds is 6. The summed E-state index contributed by atoms with van der Waals surface area (Å²) in [6.45, 7) is 8.65. The van der Waals surface area contributed by atoms with Crippen LogP contribution < -0.4 is 10.1 Å². The lowest BCUT2D eigenvalue weighted by molar-refractivity contribution is -0.153. The molecule has 0 aromatic heterocycles. The fourth-order valence-electron chi connectivity index (χ4n) is 2.26. The Morgan fingerprint density at radius 2 is 1.68 bits per heavy atom. The van der Waals surface area contributed by atoms with Crippen molar-refractivity contribution in [2.24, 2.45) is 5.41 Å². The average Bonchev–Trinajstić information content (AvgIpc) is 2.51. The highest BCUT2D eigenvalue weighted by Crippen LogP contribution is 2.35. The number of carbonyl (C=O) groups is 2. The van der Waals surface area contributed by atoms with Gasteiger partial charge in [0.1, 0.15) is 11.4 Å². The van der Waals surface area contributed by atoms with Crippen LogP contribution in [-0.4, -0.2) is 30.8 Å². The second-order valence-electron chi connectivity index (χ2n) is 7.11. The van der Waals surface area contributed by atoms with Crippen molar-refractivity contribution in [3.8, 4) is 5.75 Å². The second-order valence-corrected chi connectivity index (χ2v) is 7.33. The molecular formula is C18H26ClNO5. The summed E-state index contributed by atoms with van der Waals surface area (Å²) in [4.78, 5) is 24.6. The fourth-order valence-corrected chi connectivity index (χ4v) is 2.35. The second kappa shape index (κ2) is 8.43. The topological polar surface area (TPSA) is 73.9 Å². The standard InChI is InChI=1S/C18H26ClNO5/c1-17(2,3)25-16(22)20-14(18(4,5)15(21)24-11-19)12-7-9-13(23-6)10-8-12/h7-10,14H,11H2,1-6H3,(H,20,22). The van der Waals surface area contributed by atoms with Gasteiger partial charge in [0.05, 0.1) is 18.6 Å². The van der Waals surface area contributed by atoms with Crippen LogP contribution in [0.4, 0.5) is 4.79 Å². The van der Waals surface area contributed by atoms with Crippen molar-refractivity contribution in [2.45, 2.75) is 46.3 Å². The predicted octanol–water partition coefficient (Wildman–Crippen LogP) is 4.03. The molecule has 25 heavy (non-hydrogen) atoms. The molecule has 0 saturated heterocycles. The third-order valence-electron chi connectivity index (χ3n) is 3.54. The number of alkyl carbamates (subject to hydrolysis) is 1. The van der Waals surface area contributed by atoms with Gasteiger partial charge >= 0.3 is 12.1 Å². The number of esters is 1. The number of hydrogen-bond acceptors (Lipinski definition) is 5. The third-order valence-corrected chi connectivity index (χ3v) is 3.65. The van der Waals surface area contributed by atoms with E-state index in [1.54, 1.807) is 66.0 Å². The molecule has 7 heteroatoms. The Labute approximate surface area is 153 Å². The number of methoxy groups -OCH3 is 1. The number of halogens is 1. The van der Waals surface area contributed by atoms with E-state index in [2.05, 4.69) is 5.32 Å². The van der Waals surface area contributed by atoms with Crippen LogP contribution >= 0.6 is 11.6 Å². The van der Waals surface area contributed by atoms with Gasteiger partial charge in [-0.3, -0.25) is 4.79 Å². The van der Waals surface area contributed by atoms with Crippen molar-refractivity contribution in [3.05, 3.63) is 29.8 Å². The Balaban J connectivity index is 3.16. The summed E-state index contributed by atoms with van der Waals surface area (Å²) >= 11 is 5.51. The van der Waals surface area contributed by atoms with Crippen LogP contribution in [0, 0.1) is 5.41 Å². The van der Waals surface area contributed by atoms with Gasteiger partial charge in [-0.15, -0.1) is 0 Å². The van der Waals surface area contributed by atoms with Crippen molar-refractivity contribution in [2.75, 3.05) is 13.2 Å². The summed E-state index contributed by atoms with van der Waals surface area (Å²) in [6, 6.07) is 6.12. The molecule has 6 nitrogen and oxygen atoms in total. The molecule has 0 aliphatic carbocycles. The summed E-state index contributed by atoms with van der Waals surface area (Å²) in [7, 11) is 1.56. The molecule has 0 aliphatic heterocycles. The minimum atomic E-state index is -1.07. The maximum Gasteiger partial charge on any atom is 0.408 e. The smallest absolute Gasteiger partial charge is 0.408 e. The molecule has 1 aromatic rings. The normalized spacial score (nSPS) is 12.9. The lowest BCUT2D eigenvalue weighted by Gasteiger charge is -2.33. The molecule has 1 N–H and O–H groups in total. The van der Waals surface area contributed by atoms with Crippen molar-refractivity contribution < 1.29 is 23.8 Å². The molecule has 0 spiro atoms. The lowest BCUT2D eigenvalue weighted by atomic mass is 9.80. The van der Waals surface area contributed by atoms with Crippen LogP contribution in [-0.2, 0) is 14.3 Å². The molecule has 0 fully saturated rings. The van der Waals surface area contributed by atoms with E-state index < -0.39 is 29.1 Å². The Hall–Kier alpha value is -1.95. The number of benzene rings is 1. The number of hydrogen-bond donors (Lipinski definition) is 1.